The molecular weight excluding hydrogens is 239 g/mol. The minimum absolute atomic E-state index is 0.0222. The lowest BCUT2D eigenvalue weighted by molar-refractivity contribution is -0.112. The third kappa shape index (κ3) is 1.37. The molecule has 0 aliphatic carbocycles. The molecule has 6 heteroatoms. The molecular formula is C9H6Cl2N2O2. The summed E-state index contributed by atoms with van der Waals surface area (Å²) < 4.78 is 0. The molecule has 0 saturated heterocycles. The van der Waals surface area contributed by atoms with Gasteiger partial charge in [0.05, 0.1) is 15.7 Å². The van der Waals surface area contributed by atoms with Gasteiger partial charge in [-0.05, 0) is 12.1 Å². The summed E-state index contributed by atoms with van der Waals surface area (Å²) in [5.74, 6) is -0.383. The van der Waals surface area contributed by atoms with E-state index in [1.54, 1.807) is 13.1 Å². The Bertz CT molecular complexity index is 485. The molecule has 1 aromatic carbocycles. The molecule has 1 aliphatic rings. The number of hydrogen-bond donors (Lipinski definition) is 1. The van der Waals surface area contributed by atoms with Gasteiger partial charge in [-0.1, -0.05) is 28.4 Å². The van der Waals surface area contributed by atoms with Crippen LogP contribution in [0.15, 0.2) is 17.3 Å². The fourth-order valence-electron chi connectivity index (χ4n) is 1.48. The van der Waals surface area contributed by atoms with Crippen molar-refractivity contribution in [1.29, 1.82) is 0 Å². The Balaban J connectivity index is 2.72. The number of benzene rings is 1. The second-order valence-electron chi connectivity index (χ2n) is 3.10. The maximum absolute atomic E-state index is 11.6. The molecule has 0 bridgehead atoms. The topological polar surface area (TPSA) is 52.9 Å². The number of oxime groups is 1. The molecule has 2 rings (SSSR count). The van der Waals surface area contributed by atoms with Gasteiger partial charge in [0.1, 0.15) is 0 Å². The highest BCUT2D eigenvalue weighted by Crippen LogP contribution is 2.35. The molecule has 1 aliphatic heterocycles. The van der Waals surface area contributed by atoms with E-state index >= 15 is 0 Å². The number of likely N-dealkylation sites (N-methyl/N-ethyl adjacent to an activating group) is 1. The Labute approximate surface area is 95.7 Å². The number of anilines is 1. The van der Waals surface area contributed by atoms with Crippen molar-refractivity contribution in [3.05, 3.63) is 27.7 Å². The summed E-state index contributed by atoms with van der Waals surface area (Å²) in [5, 5.41) is 12.4. The van der Waals surface area contributed by atoms with Crippen molar-refractivity contribution >= 4 is 40.5 Å². The van der Waals surface area contributed by atoms with E-state index in [-0.39, 0.29) is 11.6 Å². The molecule has 0 aromatic heterocycles. The highest BCUT2D eigenvalue weighted by molar-refractivity contribution is 6.55. The van der Waals surface area contributed by atoms with Crippen LogP contribution >= 0.6 is 23.2 Å². The summed E-state index contributed by atoms with van der Waals surface area (Å²) in [6.07, 6.45) is 0. The number of carbonyl (C=O) groups is 1. The third-order valence-electron chi connectivity index (χ3n) is 2.26. The van der Waals surface area contributed by atoms with Crippen molar-refractivity contribution in [1.82, 2.24) is 0 Å². The standard InChI is InChI=1S/C9H6Cl2N2O2/c1-13-7-3-6(11)5(10)2-4(7)8(12-15)9(13)14/h2-3,15H,1H3/b12-8-. The molecule has 0 fully saturated rings. The Morgan fingerprint density at radius 1 is 1.33 bits per heavy atom. The monoisotopic (exact) mass is 244 g/mol. The molecule has 1 amide bonds. The normalized spacial score (nSPS) is 17.4. The summed E-state index contributed by atoms with van der Waals surface area (Å²) in [5.41, 5.74) is 1.05. The van der Waals surface area contributed by atoms with Gasteiger partial charge < -0.3 is 10.1 Å². The van der Waals surface area contributed by atoms with Crippen molar-refractivity contribution in [2.75, 3.05) is 11.9 Å². The van der Waals surface area contributed by atoms with Gasteiger partial charge in [-0.2, -0.15) is 0 Å². The predicted octanol–water partition coefficient (Wildman–Crippen LogP) is 2.15. The number of rotatable bonds is 0. The molecule has 4 nitrogen and oxygen atoms in total. The fourth-order valence-corrected chi connectivity index (χ4v) is 1.81. The zero-order valence-corrected chi connectivity index (χ0v) is 9.17. The summed E-state index contributed by atoms with van der Waals surface area (Å²) in [6.45, 7) is 0. The molecule has 1 aromatic rings. The first-order chi connectivity index (χ1) is 7.06. The van der Waals surface area contributed by atoms with E-state index in [1.807, 2.05) is 0 Å². The van der Waals surface area contributed by atoms with E-state index in [9.17, 15) is 4.79 Å². The van der Waals surface area contributed by atoms with E-state index in [4.69, 9.17) is 28.4 Å². The minimum Gasteiger partial charge on any atom is -0.410 e. The van der Waals surface area contributed by atoms with E-state index in [1.165, 1.54) is 11.0 Å². The smallest absolute Gasteiger partial charge is 0.280 e. The maximum atomic E-state index is 11.6. The average molecular weight is 245 g/mol. The van der Waals surface area contributed by atoms with Crippen molar-refractivity contribution < 1.29 is 10.0 Å². The number of amides is 1. The summed E-state index contributed by atoms with van der Waals surface area (Å²) in [6, 6.07) is 3.07. The van der Waals surface area contributed by atoms with Crippen molar-refractivity contribution in [2.45, 2.75) is 0 Å². The lowest BCUT2D eigenvalue weighted by Crippen LogP contribution is -2.25. The van der Waals surface area contributed by atoms with Gasteiger partial charge in [0, 0.05) is 12.6 Å². The average Bonchev–Trinajstić information content (AvgIpc) is 2.42. The van der Waals surface area contributed by atoms with E-state index < -0.39 is 0 Å². The van der Waals surface area contributed by atoms with Crippen LogP contribution < -0.4 is 4.90 Å². The van der Waals surface area contributed by atoms with E-state index in [2.05, 4.69) is 5.16 Å². The molecule has 1 N–H and O–H groups in total. The lowest BCUT2D eigenvalue weighted by atomic mass is 10.1. The Morgan fingerprint density at radius 2 is 1.93 bits per heavy atom. The van der Waals surface area contributed by atoms with E-state index in [0.717, 1.165) is 0 Å². The third-order valence-corrected chi connectivity index (χ3v) is 2.98. The van der Waals surface area contributed by atoms with Gasteiger partial charge in [-0.15, -0.1) is 0 Å². The highest BCUT2D eigenvalue weighted by atomic mass is 35.5. The summed E-state index contributed by atoms with van der Waals surface area (Å²) >= 11 is 11.6. The molecule has 0 saturated carbocycles. The highest BCUT2D eigenvalue weighted by Gasteiger charge is 2.32. The van der Waals surface area contributed by atoms with Gasteiger partial charge >= 0.3 is 0 Å². The molecule has 1 heterocycles. The van der Waals surface area contributed by atoms with Crippen LogP contribution in [0.5, 0.6) is 0 Å². The van der Waals surface area contributed by atoms with Crippen LogP contribution in [0.2, 0.25) is 10.0 Å². The zero-order valence-electron chi connectivity index (χ0n) is 7.66. The van der Waals surface area contributed by atoms with Gasteiger partial charge in [0.15, 0.2) is 5.71 Å². The summed E-state index contributed by atoms with van der Waals surface area (Å²) in [4.78, 5) is 12.9. The lowest BCUT2D eigenvalue weighted by Gasteiger charge is -2.09. The van der Waals surface area contributed by atoms with Gasteiger partial charge in [-0.25, -0.2) is 0 Å². The second-order valence-corrected chi connectivity index (χ2v) is 3.91. The predicted molar refractivity (Wildman–Crippen MR) is 58.2 cm³/mol. The Hall–Kier alpha value is -1.26. The van der Waals surface area contributed by atoms with E-state index in [0.29, 0.717) is 21.3 Å². The SMILES string of the molecule is CN1C(=O)/C(=N\O)c2cc(Cl)c(Cl)cc21. The van der Waals surface area contributed by atoms with Crippen LogP contribution in [-0.4, -0.2) is 23.9 Å². The molecule has 0 atom stereocenters. The van der Waals surface area contributed by atoms with Crippen molar-refractivity contribution in [2.24, 2.45) is 5.16 Å². The summed E-state index contributed by atoms with van der Waals surface area (Å²) in [7, 11) is 1.57. The van der Waals surface area contributed by atoms with Crippen LogP contribution in [0.1, 0.15) is 5.56 Å². The molecule has 0 spiro atoms. The number of fused-ring (bicyclic) bond motifs is 1. The second kappa shape index (κ2) is 3.40. The van der Waals surface area contributed by atoms with Gasteiger partial charge in [0.2, 0.25) is 0 Å². The molecule has 0 unspecified atom stereocenters. The van der Waals surface area contributed by atoms with Crippen LogP contribution in [0.25, 0.3) is 0 Å². The Morgan fingerprint density at radius 3 is 2.53 bits per heavy atom. The fraction of sp³-hybridized carbons (Fsp3) is 0.111. The van der Waals surface area contributed by atoms with Gasteiger partial charge in [-0.3, -0.25) is 4.79 Å². The molecule has 0 radical (unpaired) electrons. The maximum Gasteiger partial charge on any atom is 0.280 e. The number of hydrogen-bond acceptors (Lipinski definition) is 3. The number of nitrogens with zero attached hydrogens (tertiary/aromatic N) is 2. The zero-order chi connectivity index (χ0) is 11.2. The number of halogens is 2. The van der Waals surface area contributed by atoms with Crippen molar-refractivity contribution in [3.8, 4) is 0 Å². The first kappa shape index (κ1) is 10.3. The van der Waals surface area contributed by atoms with Crippen molar-refractivity contribution in [3.63, 3.8) is 0 Å². The first-order valence-electron chi connectivity index (χ1n) is 4.05. The quantitative estimate of drug-likeness (QED) is 0.562. The van der Waals surface area contributed by atoms with Crippen LogP contribution in [-0.2, 0) is 4.79 Å². The molecule has 78 valence electrons. The van der Waals surface area contributed by atoms with Crippen LogP contribution in [0.4, 0.5) is 5.69 Å². The van der Waals surface area contributed by atoms with Crippen LogP contribution in [0, 0.1) is 0 Å². The largest absolute Gasteiger partial charge is 0.410 e. The van der Waals surface area contributed by atoms with Gasteiger partial charge in [0.25, 0.3) is 5.91 Å². The number of carbonyl (C=O) groups excluding carboxylic acids is 1. The Kier molecular flexibility index (Phi) is 2.32. The molecule has 15 heavy (non-hydrogen) atoms. The van der Waals surface area contributed by atoms with Crippen LogP contribution in [0.3, 0.4) is 0 Å². The first-order valence-corrected chi connectivity index (χ1v) is 4.81. The minimum atomic E-state index is -0.383.